The summed E-state index contributed by atoms with van der Waals surface area (Å²) in [6, 6.07) is 3.78. The van der Waals surface area contributed by atoms with Gasteiger partial charge in [-0.2, -0.15) is 0 Å². The molecule has 8 heteroatoms. The van der Waals surface area contributed by atoms with Crippen molar-refractivity contribution < 1.29 is 9.53 Å². The zero-order chi connectivity index (χ0) is 18.6. The van der Waals surface area contributed by atoms with Crippen molar-refractivity contribution in [3.8, 4) is 0 Å². The highest BCUT2D eigenvalue weighted by Crippen LogP contribution is 2.27. The number of hydrogen-bond donors (Lipinski definition) is 1. The van der Waals surface area contributed by atoms with E-state index in [4.69, 9.17) is 16.0 Å². The van der Waals surface area contributed by atoms with Gasteiger partial charge in [-0.25, -0.2) is 4.79 Å². The van der Waals surface area contributed by atoms with Gasteiger partial charge < -0.3 is 15.4 Å². The van der Waals surface area contributed by atoms with Gasteiger partial charge in [0.15, 0.2) is 0 Å². The number of anilines is 1. The van der Waals surface area contributed by atoms with Crippen LogP contribution in [0, 0.1) is 6.92 Å². The van der Waals surface area contributed by atoms with E-state index in [0.29, 0.717) is 31.0 Å². The van der Waals surface area contributed by atoms with Crippen molar-refractivity contribution in [3.05, 3.63) is 33.7 Å². The van der Waals surface area contributed by atoms with Crippen LogP contribution >= 0.6 is 0 Å². The third kappa shape index (κ3) is 5.27. The summed E-state index contributed by atoms with van der Waals surface area (Å²) in [6.07, 6.45) is -0.266. The second-order valence-electron chi connectivity index (χ2n) is 7.26. The van der Waals surface area contributed by atoms with E-state index in [0.717, 1.165) is 24.2 Å². The van der Waals surface area contributed by atoms with Crippen LogP contribution in [0.25, 0.3) is 10.4 Å². The van der Waals surface area contributed by atoms with Crippen LogP contribution in [-0.2, 0) is 11.3 Å². The summed E-state index contributed by atoms with van der Waals surface area (Å²) in [5, 5.41) is 3.70. The Kier molecular flexibility index (Phi) is 5.77. The van der Waals surface area contributed by atoms with E-state index >= 15 is 0 Å². The second-order valence-corrected chi connectivity index (χ2v) is 7.26. The van der Waals surface area contributed by atoms with Crippen molar-refractivity contribution in [1.82, 2.24) is 9.80 Å². The molecule has 8 nitrogen and oxygen atoms in total. The molecule has 0 aromatic heterocycles. The Morgan fingerprint density at radius 1 is 1.32 bits per heavy atom. The third-order valence-corrected chi connectivity index (χ3v) is 4.06. The molecule has 0 radical (unpaired) electrons. The number of hydrogen-bond acceptors (Lipinski definition) is 5. The fourth-order valence-corrected chi connectivity index (χ4v) is 2.70. The Balaban J connectivity index is 1.96. The minimum Gasteiger partial charge on any atom is -0.444 e. The first kappa shape index (κ1) is 18.9. The first-order chi connectivity index (χ1) is 11.7. The summed E-state index contributed by atoms with van der Waals surface area (Å²) in [4.78, 5) is 18.9. The SMILES string of the molecule is Cc1c(N)cc(CN2CCN(C(=O)OC(C)(C)C)CC2)cc1N=[N+]=[N-]. The van der Waals surface area contributed by atoms with Crippen LogP contribution in [0.2, 0.25) is 0 Å². The number of ether oxygens (including phenoxy) is 1. The number of carbonyl (C=O) groups excluding carboxylic acids is 1. The molecule has 136 valence electrons. The van der Waals surface area contributed by atoms with Crippen LogP contribution in [0.15, 0.2) is 17.2 Å². The van der Waals surface area contributed by atoms with Crippen LogP contribution in [0.5, 0.6) is 0 Å². The van der Waals surface area contributed by atoms with Crippen molar-refractivity contribution in [1.29, 1.82) is 0 Å². The molecule has 0 saturated carbocycles. The van der Waals surface area contributed by atoms with E-state index in [1.165, 1.54) is 0 Å². The first-order valence-electron chi connectivity index (χ1n) is 8.34. The molecule has 0 spiro atoms. The molecule has 1 heterocycles. The number of carbonyl (C=O) groups is 1. The lowest BCUT2D eigenvalue weighted by atomic mass is 10.1. The zero-order valence-corrected chi connectivity index (χ0v) is 15.3. The van der Waals surface area contributed by atoms with Gasteiger partial charge in [-0.3, -0.25) is 4.90 Å². The monoisotopic (exact) mass is 346 g/mol. The summed E-state index contributed by atoms with van der Waals surface area (Å²) >= 11 is 0. The van der Waals surface area contributed by atoms with Gasteiger partial charge in [0.25, 0.3) is 0 Å². The highest BCUT2D eigenvalue weighted by Gasteiger charge is 2.25. The number of benzene rings is 1. The Labute approximate surface area is 148 Å². The van der Waals surface area contributed by atoms with E-state index in [2.05, 4.69) is 14.9 Å². The lowest BCUT2D eigenvalue weighted by Crippen LogP contribution is -2.49. The average Bonchev–Trinajstić information content (AvgIpc) is 2.51. The Bertz CT molecular complexity index is 683. The fourth-order valence-electron chi connectivity index (χ4n) is 2.70. The quantitative estimate of drug-likeness (QED) is 0.390. The lowest BCUT2D eigenvalue weighted by Gasteiger charge is -2.35. The van der Waals surface area contributed by atoms with Gasteiger partial charge in [-0.1, -0.05) is 5.11 Å². The highest BCUT2D eigenvalue weighted by molar-refractivity contribution is 5.68. The molecule has 0 atom stereocenters. The van der Waals surface area contributed by atoms with Crippen LogP contribution < -0.4 is 5.73 Å². The van der Waals surface area contributed by atoms with Crippen molar-refractivity contribution in [2.45, 2.75) is 39.8 Å². The number of amides is 1. The maximum Gasteiger partial charge on any atom is 0.410 e. The fraction of sp³-hybridized carbons (Fsp3) is 0.588. The van der Waals surface area contributed by atoms with Gasteiger partial charge in [-0.15, -0.1) is 0 Å². The maximum absolute atomic E-state index is 12.1. The summed E-state index contributed by atoms with van der Waals surface area (Å²) in [5.74, 6) is 0. The van der Waals surface area contributed by atoms with Crippen LogP contribution in [0.4, 0.5) is 16.2 Å². The number of nitrogens with zero attached hydrogens (tertiary/aromatic N) is 5. The summed E-state index contributed by atoms with van der Waals surface area (Å²) in [6.45, 7) is 10.9. The second kappa shape index (κ2) is 7.63. The molecule has 0 bridgehead atoms. The molecule has 1 saturated heterocycles. The highest BCUT2D eigenvalue weighted by atomic mass is 16.6. The lowest BCUT2D eigenvalue weighted by molar-refractivity contribution is 0.0139. The molecule has 1 fully saturated rings. The normalized spacial score (nSPS) is 15.6. The largest absolute Gasteiger partial charge is 0.444 e. The molecule has 0 aliphatic carbocycles. The number of rotatable bonds is 3. The van der Waals surface area contributed by atoms with E-state index < -0.39 is 5.60 Å². The number of piperazine rings is 1. The molecule has 2 rings (SSSR count). The number of nitrogens with two attached hydrogens (primary N) is 1. The predicted octanol–water partition coefficient (Wildman–Crippen LogP) is 3.57. The summed E-state index contributed by atoms with van der Waals surface area (Å²) < 4.78 is 5.41. The third-order valence-electron chi connectivity index (χ3n) is 4.06. The summed E-state index contributed by atoms with van der Waals surface area (Å²) in [5.41, 5.74) is 17.2. The number of azide groups is 1. The molecule has 1 amide bonds. The van der Waals surface area contributed by atoms with E-state index in [1.54, 1.807) is 4.90 Å². The Hall–Kier alpha value is -2.44. The molecule has 1 aliphatic rings. The van der Waals surface area contributed by atoms with Crippen molar-refractivity contribution in [2.75, 3.05) is 31.9 Å². The van der Waals surface area contributed by atoms with Gasteiger partial charge in [0.1, 0.15) is 5.60 Å². The van der Waals surface area contributed by atoms with Gasteiger partial charge >= 0.3 is 6.09 Å². The summed E-state index contributed by atoms with van der Waals surface area (Å²) in [7, 11) is 0. The minimum absolute atomic E-state index is 0.266. The van der Waals surface area contributed by atoms with Gasteiger partial charge in [0.05, 0.1) is 0 Å². The van der Waals surface area contributed by atoms with E-state index in [-0.39, 0.29) is 6.09 Å². The van der Waals surface area contributed by atoms with Gasteiger partial charge in [0, 0.05) is 49.0 Å². The smallest absolute Gasteiger partial charge is 0.410 e. The zero-order valence-electron chi connectivity index (χ0n) is 15.3. The molecular formula is C17H26N6O2. The molecular weight excluding hydrogens is 320 g/mol. The maximum atomic E-state index is 12.1. The standard InChI is InChI=1S/C17H26N6O2/c1-12-14(18)9-13(10-15(12)20-21-19)11-22-5-7-23(8-6-22)16(24)25-17(2,3)4/h9-10H,5-8,11,18H2,1-4H3. The van der Waals surface area contributed by atoms with E-state index in [1.807, 2.05) is 39.8 Å². The molecule has 2 N–H and O–H groups in total. The van der Waals surface area contributed by atoms with Crippen molar-refractivity contribution in [2.24, 2.45) is 5.11 Å². The average molecular weight is 346 g/mol. The molecule has 25 heavy (non-hydrogen) atoms. The Morgan fingerprint density at radius 2 is 1.96 bits per heavy atom. The molecule has 1 aromatic carbocycles. The van der Waals surface area contributed by atoms with Crippen molar-refractivity contribution in [3.63, 3.8) is 0 Å². The van der Waals surface area contributed by atoms with Gasteiger partial charge in [0.2, 0.25) is 0 Å². The Morgan fingerprint density at radius 3 is 2.52 bits per heavy atom. The number of nitrogen functional groups attached to an aromatic ring is 1. The molecule has 0 unspecified atom stereocenters. The first-order valence-corrected chi connectivity index (χ1v) is 8.34. The topological polar surface area (TPSA) is 108 Å². The van der Waals surface area contributed by atoms with Crippen molar-refractivity contribution >= 4 is 17.5 Å². The van der Waals surface area contributed by atoms with Gasteiger partial charge in [-0.05, 0) is 56.5 Å². The van der Waals surface area contributed by atoms with Crippen LogP contribution in [0.1, 0.15) is 31.9 Å². The van der Waals surface area contributed by atoms with Crippen LogP contribution in [0.3, 0.4) is 0 Å². The predicted molar refractivity (Wildman–Crippen MR) is 97.5 cm³/mol. The molecule has 1 aliphatic heterocycles. The van der Waals surface area contributed by atoms with E-state index in [9.17, 15) is 4.79 Å². The molecule has 1 aromatic rings. The van der Waals surface area contributed by atoms with Crippen LogP contribution in [-0.4, -0.2) is 47.7 Å². The minimum atomic E-state index is -0.481.